The zero-order valence-electron chi connectivity index (χ0n) is 2.29. The molecule has 5 heavy (non-hydrogen) atoms. The zero-order chi connectivity index (χ0) is 0. The molecule has 0 heterocycles. The van der Waals surface area contributed by atoms with Gasteiger partial charge >= 0.3 is 40.8 Å². The Bertz CT molecular complexity index is 3.61. The van der Waals surface area contributed by atoms with E-state index in [9.17, 15) is 0 Å². The van der Waals surface area contributed by atoms with Crippen LogP contribution < -0.4 is 0 Å². The Morgan fingerprint density at radius 3 is 0.400 bits per heavy atom. The van der Waals surface area contributed by atoms with Crippen LogP contribution in [0.25, 0.3) is 0 Å². The minimum atomic E-state index is 0. The van der Waals surface area contributed by atoms with E-state index in [0.29, 0.717) is 0 Å². The minimum absolute atomic E-state index is 0. The Morgan fingerprint density at radius 2 is 0.400 bits per heavy atom. The predicted molar refractivity (Wildman–Crippen MR) is 7.74 cm³/mol. The molecule has 0 fully saturated rings. The van der Waals surface area contributed by atoms with Gasteiger partial charge in [-0.3, -0.25) is 0 Å². The van der Waals surface area contributed by atoms with Crippen molar-refractivity contribution in [2.75, 3.05) is 0 Å². The third-order valence-corrected chi connectivity index (χ3v) is 0. The molecular weight excluding hydrogens is 208 g/mol. The van der Waals surface area contributed by atoms with Crippen LogP contribution in [-0.4, -0.2) is 21.9 Å². The molecule has 0 aromatic carbocycles. The van der Waals surface area contributed by atoms with Crippen molar-refractivity contribution < 1.29 is 62.7 Å². The zero-order valence-corrected chi connectivity index (χ0v) is 5.50. The quantitative estimate of drug-likeness (QED) is 0.526. The Labute approximate surface area is 62.3 Å². The Balaban J connectivity index is 0. The van der Waals surface area contributed by atoms with Gasteiger partial charge in [0.1, 0.15) is 0 Å². The molecule has 0 aliphatic heterocycles. The van der Waals surface area contributed by atoms with Gasteiger partial charge in [-0.2, -0.15) is 0 Å². The first kappa shape index (κ1) is 118. The summed E-state index contributed by atoms with van der Waals surface area (Å²) in [5.41, 5.74) is 0. The molecule has 0 spiro atoms. The molecule has 1 radical (unpaired) electrons. The molecule has 0 aliphatic rings. The predicted octanol–water partition coefficient (Wildman–Crippen LogP) is -0.707. The molecule has 0 aromatic heterocycles. The summed E-state index contributed by atoms with van der Waals surface area (Å²) in [6.45, 7) is 0. The van der Waals surface area contributed by atoms with Gasteiger partial charge in [0.2, 0.25) is 0 Å². The van der Waals surface area contributed by atoms with Crippen molar-refractivity contribution in [1.82, 2.24) is 0 Å². The van der Waals surface area contributed by atoms with Crippen molar-refractivity contribution in [3.8, 4) is 0 Å². The molecule has 0 saturated carbocycles. The molecule has 4 N–H and O–H groups in total. The molecule has 0 unspecified atom stereocenters. The van der Waals surface area contributed by atoms with Crippen LogP contribution >= 0.6 is 0 Å². The molecule has 0 bridgehead atoms. The average molecular weight is 212 g/mol. The SMILES string of the molecule is [Nd+3].[OH-].[OH-].[OH-].[OH-]. The Kier molecular flexibility index (Phi) is 1510. The molecule has 0 aromatic rings. The van der Waals surface area contributed by atoms with Gasteiger partial charge in [-0.1, -0.05) is 0 Å². The average Bonchev–Trinajstić information content (AvgIpc) is 0. The number of rotatable bonds is 0. The summed E-state index contributed by atoms with van der Waals surface area (Å²) in [5.74, 6) is 0. The van der Waals surface area contributed by atoms with Gasteiger partial charge in [-0.05, 0) is 0 Å². The molecule has 0 atom stereocenters. The van der Waals surface area contributed by atoms with Gasteiger partial charge in [-0.25, -0.2) is 0 Å². The minimum Gasteiger partial charge on any atom is -0.870 e. The smallest absolute Gasteiger partial charge is 0.870 e. The van der Waals surface area contributed by atoms with Crippen molar-refractivity contribution in [3.05, 3.63) is 0 Å². The Hall–Kier alpha value is 1.19. The second-order valence-electron chi connectivity index (χ2n) is 0. The van der Waals surface area contributed by atoms with E-state index in [1.54, 1.807) is 0 Å². The van der Waals surface area contributed by atoms with Crippen LogP contribution in [-0.2, 0) is 0 Å². The largest absolute Gasteiger partial charge is 3.00 e. The van der Waals surface area contributed by atoms with E-state index in [0.717, 1.165) is 0 Å². The van der Waals surface area contributed by atoms with E-state index < -0.39 is 0 Å². The summed E-state index contributed by atoms with van der Waals surface area (Å²) >= 11 is 0. The summed E-state index contributed by atoms with van der Waals surface area (Å²) in [5, 5.41) is 0. The number of hydrogen-bond donors (Lipinski definition) is 0. The fourth-order valence-corrected chi connectivity index (χ4v) is 0. The van der Waals surface area contributed by atoms with Gasteiger partial charge < -0.3 is 21.9 Å². The summed E-state index contributed by atoms with van der Waals surface area (Å²) in [6.07, 6.45) is 0. The maximum absolute atomic E-state index is 0. The summed E-state index contributed by atoms with van der Waals surface area (Å²) < 4.78 is 0. The van der Waals surface area contributed by atoms with Crippen LogP contribution in [0.3, 0.4) is 0 Å². The molecule has 4 nitrogen and oxygen atoms in total. The maximum atomic E-state index is 0. The standard InChI is InChI=1S/Nd.4H2O/h;4*1H2/q+3;;;;/p-4. The molecule has 0 amide bonds. The van der Waals surface area contributed by atoms with E-state index in [4.69, 9.17) is 0 Å². The van der Waals surface area contributed by atoms with E-state index in [1.165, 1.54) is 0 Å². The van der Waals surface area contributed by atoms with Crippen molar-refractivity contribution in [2.45, 2.75) is 0 Å². The van der Waals surface area contributed by atoms with E-state index >= 15 is 0 Å². The van der Waals surface area contributed by atoms with E-state index in [2.05, 4.69) is 0 Å². The van der Waals surface area contributed by atoms with Crippen molar-refractivity contribution in [2.24, 2.45) is 0 Å². The number of hydrogen-bond acceptors (Lipinski definition) is 4. The molecule has 33 valence electrons. The normalized spacial score (nSPS) is 0. The second kappa shape index (κ2) is 64.3. The fourth-order valence-electron chi connectivity index (χ4n) is 0. The molecule has 0 aliphatic carbocycles. The molecular formula is H4NdO4-. The van der Waals surface area contributed by atoms with E-state index in [-0.39, 0.29) is 62.7 Å². The topological polar surface area (TPSA) is 120 Å². The van der Waals surface area contributed by atoms with Crippen LogP contribution in [0.5, 0.6) is 0 Å². The first-order chi connectivity index (χ1) is 0. The third kappa shape index (κ3) is 37.3. The molecule has 0 rings (SSSR count). The van der Waals surface area contributed by atoms with Gasteiger partial charge in [0.25, 0.3) is 0 Å². The van der Waals surface area contributed by atoms with Crippen molar-refractivity contribution in [1.29, 1.82) is 0 Å². The van der Waals surface area contributed by atoms with Gasteiger partial charge in [0, 0.05) is 0 Å². The van der Waals surface area contributed by atoms with Crippen LogP contribution in [0.4, 0.5) is 0 Å². The van der Waals surface area contributed by atoms with Crippen molar-refractivity contribution >= 4 is 0 Å². The van der Waals surface area contributed by atoms with Crippen LogP contribution in [0.15, 0.2) is 0 Å². The van der Waals surface area contributed by atoms with Gasteiger partial charge in [-0.15, -0.1) is 0 Å². The second-order valence-corrected chi connectivity index (χ2v) is 0. The fraction of sp³-hybridized carbons (Fsp3) is 0. The summed E-state index contributed by atoms with van der Waals surface area (Å²) in [7, 11) is 0. The van der Waals surface area contributed by atoms with Crippen LogP contribution in [0.1, 0.15) is 0 Å². The molecule has 0 saturated heterocycles. The monoisotopic (exact) mass is 210 g/mol. The molecule has 5 heteroatoms. The summed E-state index contributed by atoms with van der Waals surface area (Å²) in [4.78, 5) is 0. The van der Waals surface area contributed by atoms with Gasteiger partial charge in [0.05, 0.1) is 0 Å². The first-order valence-corrected chi connectivity index (χ1v) is 0. The van der Waals surface area contributed by atoms with Gasteiger partial charge in [0.15, 0.2) is 0 Å². The van der Waals surface area contributed by atoms with Crippen LogP contribution in [0.2, 0.25) is 0 Å². The maximum Gasteiger partial charge on any atom is 3.00 e. The first-order valence-electron chi connectivity index (χ1n) is 0. The summed E-state index contributed by atoms with van der Waals surface area (Å²) in [6, 6.07) is 0. The van der Waals surface area contributed by atoms with Crippen LogP contribution in [0, 0.1) is 40.8 Å². The van der Waals surface area contributed by atoms with E-state index in [1.807, 2.05) is 0 Å². The third-order valence-electron chi connectivity index (χ3n) is 0. The Morgan fingerprint density at radius 1 is 0.400 bits per heavy atom. The van der Waals surface area contributed by atoms with Crippen molar-refractivity contribution in [3.63, 3.8) is 0 Å².